The van der Waals surface area contributed by atoms with Crippen molar-refractivity contribution in [1.82, 2.24) is 5.32 Å². The maximum Gasteiger partial charge on any atom is 0.220 e. The van der Waals surface area contributed by atoms with Gasteiger partial charge in [0.1, 0.15) is 65.2 Å². The van der Waals surface area contributed by atoms with Gasteiger partial charge >= 0.3 is 0 Å². The number of carbonyl (C=O) groups is 1. The van der Waals surface area contributed by atoms with Crippen molar-refractivity contribution in [1.29, 1.82) is 0 Å². The first-order chi connectivity index (χ1) is 30.2. The van der Waals surface area contributed by atoms with Crippen molar-refractivity contribution in [3.8, 4) is 17.2 Å². The van der Waals surface area contributed by atoms with Crippen molar-refractivity contribution in [2.24, 2.45) is 16.8 Å². The normalized spacial score (nSPS) is 26.5. The molecule has 1 aromatic heterocycles. The van der Waals surface area contributed by atoms with Crippen LogP contribution >= 0.6 is 0 Å². The maximum atomic E-state index is 13.7. The molecule has 9 unspecified atom stereocenters. The minimum atomic E-state index is -2.40. The van der Waals surface area contributed by atoms with Gasteiger partial charge in [0.05, 0.1) is 23.7 Å². The van der Waals surface area contributed by atoms with Crippen molar-refractivity contribution in [3.63, 3.8) is 0 Å². The number of aliphatic imine (C=N–C) groups is 1. The molecule has 1 saturated carbocycles. The molecule has 1 amide bonds. The highest BCUT2D eigenvalue weighted by molar-refractivity contribution is 5.97. The predicted molar refractivity (Wildman–Crippen MR) is 230 cm³/mol. The van der Waals surface area contributed by atoms with E-state index in [9.17, 15) is 45.3 Å². The molecule has 1 aliphatic carbocycles. The number of aryl methyl sites for hydroxylation is 1. The largest absolute Gasteiger partial charge is 0.508 e. The molecule has 8 N–H and O–H groups in total. The van der Waals surface area contributed by atoms with Crippen molar-refractivity contribution in [3.05, 3.63) is 93.1 Å². The lowest BCUT2D eigenvalue weighted by atomic mass is 9.68. The number of carbonyl (C=O) groups excluding carboxylic acids is 1. The summed E-state index contributed by atoms with van der Waals surface area (Å²) in [6, 6.07) is 10.2. The number of nitrogens with one attached hydrogen (secondary N) is 1. The van der Waals surface area contributed by atoms with E-state index in [4.69, 9.17) is 18.9 Å². The molecular weight excluding hydrogens is 815 g/mol. The molecule has 2 fully saturated rings. The Kier molecular flexibility index (Phi) is 11.4. The van der Waals surface area contributed by atoms with E-state index in [0.29, 0.717) is 82.3 Å². The van der Waals surface area contributed by atoms with Gasteiger partial charge in [0, 0.05) is 60.8 Å². The molecule has 0 radical (unpaired) electrons. The van der Waals surface area contributed by atoms with Gasteiger partial charge in [-0.3, -0.25) is 14.6 Å². The number of phenolic OH excluding ortho intramolecular Hbond substituents is 2. The second-order valence-corrected chi connectivity index (χ2v) is 17.8. The first kappa shape index (κ1) is 42.9. The highest BCUT2D eigenvalue weighted by atomic mass is 17.2. The van der Waals surface area contributed by atoms with Gasteiger partial charge < -0.3 is 55.1 Å². The summed E-state index contributed by atoms with van der Waals surface area (Å²) in [5.74, 6) is 0.835. The number of benzene rings is 3. The maximum absolute atomic E-state index is 13.7. The summed E-state index contributed by atoms with van der Waals surface area (Å²) in [6.45, 7) is 2.65. The number of rotatable bonds is 13. The number of aliphatic hydroxyl groups is 5. The third-order valence-electron chi connectivity index (χ3n) is 13.8. The number of anilines is 1. The molecule has 3 aromatic carbocycles. The van der Waals surface area contributed by atoms with Crippen LogP contribution in [0.1, 0.15) is 62.3 Å². The molecule has 9 rings (SSSR count). The predicted octanol–water partition coefficient (Wildman–Crippen LogP) is 3.48. The molecule has 5 heterocycles. The van der Waals surface area contributed by atoms with Gasteiger partial charge in [0.15, 0.2) is 16.8 Å². The zero-order valence-electron chi connectivity index (χ0n) is 35.1. The summed E-state index contributed by atoms with van der Waals surface area (Å²) in [6.07, 6.45) is 2.28. The summed E-state index contributed by atoms with van der Waals surface area (Å²) < 4.78 is 13.8. The zero-order chi connectivity index (χ0) is 44.4. The van der Waals surface area contributed by atoms with Gasteiger partial charge in [-0.15, -0.1) is 0 Å². The minimum Gasteiger partial charge on any atom is -0.508 e. The summed E-state index contributed by atoms with van der Waals surface area (Å²) in [4.78, 5) is 45.2. The Hall–Kier alpha value is -5.33. The van der Waals surface area contributed by atoms with Crippen LogP contribution in [0, 0.1) is 18.8 Å². The third-order valence-corrected chi connectivity index (χ3v) is 13.8. The number of hydrogen-bond donors (Lipinski definition) is 8. The molecular formula is C47H53N3O13. The van der Waals surface area contributed by atoms with Crippen molar-refractivity contribution < 1.29 is 59.5 Å². The third kappa shape index (κ3) is 7.66. The Balaban J connectivity index is 1.11. The Morgan fingerprint density at radius 1 is 1.05 bits per heavy atom. The van der Waals surface area contributed by atoms with Gasteiger partial charge in [-0.05, 0) is 98.2 Å². The van der Waals surface area contributed by atoms with Crippen LogP contribution in [-0.2, 0) is 27.4 Å². The molecule has 16 nitrogen and oxygen atoms in total. The monoisotopic (exact) mass is 867 g/mol. The fraction of sp³-hybridized carbons (Fsp3) is 0.468. The Morgan fingerprint density at radius 2 is 1.87 bits per heavy atom. The van der Waals surface area contributed by atoms with Gasteiger partial charge in [0.25, 0.3) is 0 Å². The van der Waals surface area contributed by atoms with Gasteiger partial charge in [-0.1, -0.05) is 13.0 Å². The van der Waals surface area contributed by atoms with Crippen LogP contribution in [0.2, 0.25) is 0 Å². The number of aliphatic hydroxyl groups excluding tert-OH is 4. The Bertz CT molecular complexity index is 2610. The van der Waals surface area contributed by atoms with Crippen LogP contribution < -0.4 is 20.4 Å². The van der Waals surface area contributed by atoms with Gasteiger partial charge in [0.2, 0.25) is 5.91 Å². The summed E-state index contributed by atoms with van der Waals surface area (Å²) in [5.41, 5.74) is 0.0970. The lowest BCUT2D eigenvalue weighted by molar-refractivity contribution is -0.374. The average molecular weight is 868 g/mol. The van der Waals surface area contributed by atoms with E-state index in [1.807, 2.05) is 12.3 Å². The second kappa shape index (κ2) is 16.7. The SMILES string of the molecule is CCC1C2=CC=NC2=CN1c1c2c(cc3c(=O)cc(C)oc13)CC(OOCC(O)(Cc1ccc(O)c3ccc(O)cc13)C(O)C(O)C(O)CO)C1(CCCC(C3CNC(=O)C3)C1)O2. The lowest BCUT2D eigenvalue weighted by Gasteiger charge is -2.49. The number of hydrogen-bond acceptors (Lipinski definition) is 15. The number of nitrogens with zero attached hydrogens (tertiary/aromatic N) is 2. The van der Waals surface area contributed by atoms with E-state index in [-0.39, 0.29) is 47.1 Å². The zero-order valence-corrected chi connectivity index (χ0v) is 35.1. The fourth-order valence-corrected chi connectivity index (χ4v) is 10.5. The van der Waals surface area contributed by atoms with E-state index < -0.39 is 55.3 Å². The number of allylic oxidation sites excluding steroid dienone is 1. The van der Waals surface area contributed by atoms with Crippen LogP contribution in [0.5, 0.6) is 17.2 Å². The summed E-state index contributed by atoms with van der Waals surface area (Å²) >= 11 is 0. The van der Waals surface area contributed by atoms with E-state index >= 15 is 0 Å². The standard InChI is InChI=1S/C47H53N3O13/c1-3-35-31-10-12-48-34(31)21-50(35)41-43-27(14-33-37(54)13-24(2)61-44(33)41)15-39(47(62-43)11-4-5-25(19-47)28-16-40(56)49-20-28)63-60-23-46(59,45(58)42(57)38(55)22-51)18-26-6-9-36(53)30-8-7-29(52)17-32(26)30/h6-10,12-14,17,21,25,28,35,38-39,42,45,51-53,55,57-59H,3-5,11,15-16,18-20,22-23H2,1-2H3,(H,49,56). The number of amides is 1. The topological polar surface area (TPSA) is 244 Å². The van der Waals surface area contributed by atoms with E-state index in [1.165, 1.54) is 36.4 Å². The first-order valence-electron chi connectivity index (χ1n) is 21.6. The van der Waals surface area contributed by atoms with Gasteiger partial charge in [-0.25, -0.2) is 9.78 Å². The Morgan fingerprint density at radius 3 is 2.63 bits per heavy atom. The van der Waals surface area contributed by atoms with E-state index in [2.05, 4.69) is 22.1 Å². The quantitative estimate of drug-likeness (QED) is 0.0709. The van der Waals surface area contributed by atoms with Crippen LogP contribution in [0.15, 0.2) is 80.2 Å². The number of phenols is 2. The molecule has 334 valence electrons. The highest BCUT2D eigenvalue weighted by Crippen LogP contribution is 2.53. The summed E-state index contributed by atoms with van der Waals surface area (Å²) in [5, 5.41) is 79.8. The average Bonchev–Trinajstić information content (AvgIpc) is 4.00. The highest BCUT2D eigenvalue weighted by Gasteiger charge is 2.53. The Labute approximate surface area is 362 Å². The van der Waals surface area contributed by atoms with E-state index in [1.54, 1.807) is 19.2 Å². The molecule has 9 atom stereocenters. The van der Waals surface area contributed by atoms with Crippen LogP contribution in [0.25, 0.3) is 21.7 Å². The van der Waals surface area contributed by atoms with Crippen molar-refractivity contribution in [2.45, 2.75) is 107 Å². The molecule has 1 saturated heterocycles. The first-order valence-corrected chi connectivity index (χ1v) is 21.6. The van der Waals surface area contributed by atoms with Crippen LogP contribution in [0.3, 0.4) is 0 Å². The number of fused-ring (bicyclic) bond motifs is 4. The van der Waals surface area contributed by atoms with E-state index in [0.717, 1.165) is 24.1 Å². The molecule has 1 spiro atoms. The summed E-state index contributed by atoms with van der Waals surface area (Å²) in [7, 11) is 0. The van der Waals surface area contributed by atoms with Gasteiger partial charge in [-0.2, -0.15) is 0 Å². The molecule has 16 heteroatoms. The molecule has 5 aliphatic rings. The van der Waals surface area contributed by atoms with Crippen molar-refractivity contribution >= 4 is 39.6 Å². The lowest BCUT2D eigenvalue weighted by Crippen LogP contribution is -2.58. The van der Waals surface area contributed by atoms with Crippen LogP contribution in [0.4, 0.5) is 5.69 Å². The molecule has 0 bridgehead atoms. The molecule has 63 heavy (non-hydrogen) atoms. The number of ether oxygens (including phenoxy) is 1. The molecule has 4 aromatic rings. The molecule has 4 aliphatic heterocycles. The second-order valence-electron chi connectivity index (χ2n) is 17.8. The van der Waals surface area contributed by atoms with Crippen molar-refractivity contribution in [2.75, 3.05) is 24.7 Å². The number of aromatic hydroxyl groups is 2. The minimum absolute atomic E-state index is 0.0111. The fourth-order valence-electron chi connectivity index (χ4n) is 10.5. The smallest absolute Gasteiger partial charge is 0.220 e. The van der Waals surface area contributed by atoms with Crippen LogP contribution in [-0.4, -0.2) is 109 Å².